The van der Waals surface area contributed by atoms with Gasteiger partial charge in [0.1, 0.15) is 17.8 Å². The lowest BCUT2D eigenvalue weighted by Gasteiger charge is -2.01. The van der Waals surface area contributed by atoms with Crippen LogP contribution in [0.4, 0.5) is 10.1 Å². The van der Waals surface area contributed by atoms with Gasteiger partial charge in [0.25, 0.3) is 0 Å². The van der Waals surface area contributed by atoms with E-state index in [1.807, 2.05) is 0 Å². The van der Waals surface area contributed by atoms with E-state index < -0.39 is 11.8 Å². The van der Waals surface area contributed by atoms with Gasteiger partial charge >= 0.3 is 5.97 Å². The van der Waals surface area contributed by atoms with Crippen molar-refractivity contribution in [2.24, 2.45) is 0 Å². The van der Waals surface area contributed by atoms with E-state index in [2.05, 4.69) is 0 Å². The molecule has 0 aliphatic rings. The van der Waals surface area contributed by atoms with Crippen molar-refractivity contribution in [3.8, 4) is 0 Å². The standard InChI is InChI=1S/C12H10FNO3S/c13-10-4-9(1-2-11(10)14)18-6-8-3-7(5-17-8)12(15)16/h1-5H,6,14H2,(H,15,16). The Morgan fingerprint density at radius 3 is 2.83 bits per heavy atom. The van der Waals surface area contributed by atoms with Crippen molar-refractivity contribution in [3.05, 3.63) is 47.7 Å². The zero-order valence-corrected chi connectivity index (χ0v) is 10.0. The summed E-state index contributed by atoms with van der Waals surface area (Å²) in [6, 6.07) is 5.97. The summed E-state index contributed by atoms with van der Waals surface area (Å²) in [5.74, 6) is -0.551. The third kappa shape index (κ3) is 2.84. The molecule has 18 heavy (non-hydrogen) atoms. The van der Waals surface area contributed by atoms with Crippen LogP contribution in [-0.2, 0) is 5.75 Å². The van der Waals surface area contributed by atoms with Gasteiger partial charge in [-0.25, -0.2) is 9.18 Å². The number of aromatic carboxylic acids is 1. The summed E-state index contributed by atoms with van der Waals surface area (Å²) in [5.41, 5.74) is 5.57. The van der Waals surface area contributed by atoms with E-state index in [0.717, 1.165) is 0 Å². The maximum absolute atomic E-state index is 13.2. The van der Waals surface area contributed by atoms with Gasteiger partial charge in [-0.1, -0.05) is 0 Å². The second-order valence-corrected chi connectivity index (χ2v) is 4.63. The summed E-state index contributed by atoms with van der Waals surface area (Å²) in [6.07, 6.45) is 1.18. The van der Waals surface area contributed by atoms with Crippen LogP contribution in [0.2, 0.25) is 0 Å². The van der Waals surface area contributed by atoms with Crippen molar-refractivity contribution < 1.29 is 18.7 Å². The SMILES string of the molecule is Nc1ccc(SCc2cc(C(=O)O)co2)cc1F. The summed E-state index contributed by atoms with van der Waals surface area (Å²) >= 11 is 1.34. The monoisotopic (exact) mass is 267 g/mol. The van der Waals surface area contributed by atoms with Crippen molar-refractivity contribution in [2.75, 3.05) is 5.73 Å². The number of carboxylic acids is 1. The highest BCUT2D eigenvalue weighted by atomic mass is 32.2. The third-order valence-electron chi connectivity index (χ3n) is 2.25. The molecule has 0 fully saturated rings. The summed E-state index contributed by atoms with van der Waals surface area (Å²) in [5, 5.41) is 8.72. The molecule has 2 rings (SSSR count). The van der Waals surface area contributed by atoms with Gasteiger partial charge in [-0.3, -0.25) is 0 Å². The number of furan rings is 1. The number of hydrogen-bond acceptors (Lipinski definition) is 4. The maximum Gasteiger partial charge on any atom is 0.338 e. The molecule has 1 heterocycles. The zero-order valence-electron chi connectivity index (χ0n) is 9.22. The average Bonchev–Trinajstić information content (AvgIpc) is 2.79. The molecule has 0 atom stereocenters. The van der Waals surface area contributed by atoms with Gasteiger partial charge in [0.2, 0.25) is 0 Å². The fraction of sp³-hybridized carbons (Fsp3) is 0.0833. The van der Waals surface area contributed by atoms with Crippen LogP contribution in [0, 0.1) is 5.82 Å². The normalized spacial score (nSPS) is 10.5. The predicted molar refractivity (Wildman–Crippen MR) is 66.0 cm³/mol. The number of nitrogen functional groups attached to an aromatic ring is 1. The fourth-order valence-corrected chi connectivity index (χ4v) is 2.13. The van der Waals surface area contributed by atoms with Gasteiger partial charge in [-0.2, -0.15) is 0 Å². The molecule has 0 aliphatic heterocycles. The summed E-state index contributed by atoms with van der Waals surface area (Å²) in [4.78, 5) is 11.3. The Bertz CT molecular complexity index is 582. The van der Waals surface area contributed by atoms with Crippen LogP contribution in [0.5, 0.6) is 0 Å². The van der Waals surface area contributed by atoms with Gasteiger partial charge in [-0.15, -0.1) is 11.8 Å². The van der Waals surface area contributed by atoms with Crippen molar-refractivity contribution in [1.29, 1.82) is 0 Å². The van der Waals surface area contributed by atoms with Crippen LogP contribution >= 0.6 is 11.8 Å². The molecule has 1 aromatic carbocycles. The first-order valence-corrected chi connectivity index (χ1v) is 6.03. The molecule has 2 aromatic rings. The Hall–Kier alpha value is -1.95. The number of hydrogen-bond donors (Lipinski definition) is 2. The second kappa shape index (κ2) is 5.14. The molecule has 1 aromatic heterocycles. The molecular weight excluding hydrogens is 257 g/mol. The number of anilines is 1. The molecule has 0 spiro atoms. The van der Waals surface area contributed by atoms with E-state index in [1.54, 1.807) is 6.07 Å². The van der Waals surface area contributed by atoms with Crippen molar-refractivity contribution >= 4 is 23.4 Å². The van der Waals surface area contributed by atoms with Crippen molar-refractivity contribution in [1.82, 2.24) is 0 Å². The number of carboxylic acid groups (broad SMARTS) is 1. The number of halogens is 1. The smallest absolute Gasteiger partial charge is 0.338 e. The highest BCUT2D eigenvalue weighted by Crippen LogP contribution is 2.26. The number of thioether (sulfide) groups is 1. The molecule has 4 nitrogen and oxygen atoms in total. The number of benzene rings is 1. The third-order valence-corrected chi connectivity index (χ3v) is 3.27. The average molecular weight is 267 g/mol. The molecule has 94 valence electrons. The van der Waals surface area contributed by atoms with Gasteiger partial charge in [0, 0.05) is 4.90 Å². The van der Waals surface area contributed by atoms with Gasteiger partial charge in [0.05, 0.1) is 17.0 Å². The number of rotatable bonds is 4. The summed E-state index contributed by atoms with van der Waals surface area (Å²) in [6.45, 7) is 0. The molecule has 3 N–H and O–H groups in total. The molecule has 0 radical (unpaired) electrons. The second-order valence-electron chi connectivity index (χ2n) is 3.58. The lowest BCUT2D eigenvalue weighted by molar-refractivity contribution is 0.0696. The van der Waals surface area contributed by atoms with Crippen molar-refractivity contribution in [3.63, 3.8) is 0 Å². The minimum absolute atomic E-state index is 0.102. The minimum Gasteiger partial charge on any atom is -0.478 e. The minimum atomic E-state index is -1.03. The number of carbonyl (C=O) groups is 1. The first-order chi connectivity index (χ1) is 8.56. The Kier molecular flexibility index (Phi) is 3.57. The Morgan fingerprint density at radius 1 is 1.44 bits per heavy atom. The fourth-order valence-electron chi connectivity index (χ4n) is 1.32. The maximum atomic E-state index is 13.2. The summed E-state index contributed by atoms with van der Waals surface area (Å²) in [7, 11) is 0. The predicted octanol–water partition coefficient (Wildman–Crippen LogP) is 2.99. The van der Waals surface area contributed by atoms with E-state index >= 15 is 0 Å². The van der Waals surface area contributed by atoms with E-state index in [-0.39, 0.29) is 11.3 Å². The molecule has 0 saturated carbocycles. The Balaban J connectivity index is 2.02. The quantitative estimate of drug-likeness (QED) is 0.657. The first kappa shape index (κ1) is 12.5. The number of nitrogens with two attached hydrogens (primary N) is 1. The highest BCUT2D eigenvalue weighted by Gasteiger charge is 2.09. The lowest BCUT2D eigenvalue weighted by atomic mass is 10.3. The van der Waals surface area contributed by atoms with E-state index in [0.29, 0.717) is 16.4 Å². The molecule has 0 amide bonds. The molecule has 0 saturated heterocycles. The molecule has 0 aliphatic carbocycles. The van der Waals surface area contributed by atoms with Gasteiger partial charge < -0.3 is 15.3 Å². The van der Waals surface area contributed by atoms with Crippen LogP contribution in [0.15, 0.2) is 39.8 Å². The lowest BCUT2D eigenvalue weighted by Crippen LogP contribution is -1.91. The first-order valence-electron chi connectivity index (χ1n) is 5.05. The molecule has 6 heteroatoms. The highest BCUT2D eigenvalue weighted by molar-refractivity contribution is 7.98. The van der Waals surface area contributed by atoms with Crippen LogP contribution in [-0.4, -0.2) is 11.1 Å². The van der Waals surface area contributed by atoms with E-state index in [4.69, 9.17) is 15.3 Å². The molecule has 0 unspecified atom stereocenters. The molecular formula is C12H10FNO3S. The zero-order chi connectivity index (χ0) is 13.1. The van der Waals surface area contributed by atoms with Crippen LogP contribution in [0.3, 0.4) is 0 Å². The van der Waals surface area contributed by atoms with Gasteiger partial charge in [0.15, 0.2) is 0 Å². The van der Waals surface area contributed by atoms with Crippen LogP contribution in [0.25, 0.3) is 0 Å². The van der Waals surface area contributed by atoms with E-state index in [1.165, 1.54) is 36.2 Å². The van der Waals surface area contributed by atoms with Crippen molar-refractivity contribution in [2.45, 2.75) is 10.6 Å². The van der Waals surface area contributed by atoms with Gasteiger partial charge in [-0.05, 0) is 24.3 Å². The Labute approximate surface area is 107 Å². The Morgan fingerprint density at radius 2 is 2.22 bits per heavy atom. The topological polar surface area (TPSA) is 76.5 Å². The molecule has 0 bridgehead atoms. The van der Waals surface area contributed by atoms with E-state index in [9.17, 15) is 9.18 Å². The largest absolute Gasteiger partial charge is 0.478 e. The summed E-state index contributed by atoms with van der Waals surface area (Å²) < 4.78 is 18.3. The van der Waals surface area contributed by atoms with Crippen LogP contribution in [0.1, 0.15) is 16.1 Å². The van der Waals surface area contributed by atoms with Crippen LogP contribution < -0.4 is 5.73 Å².